The van der Waals surface area contributed by atoms with Crippen molar-refractivity contribution < 1.29 is 9.90 Å². The van der Waals surface area contributed by atoms with Crippen LogP contribution in [0.2, 0.25) is 0 Å². The van der Waals surface area contributed by atoms with E-state index >= 15 is 0 Å². The number of carbonyl (C=O) groups is 1. The van der Waals surface area contributed by atoms with Crippen LogP contribution in [0.25, 0.3) is 21.7 Å². The molecule has 23 heavy (non-hydrogen) atoms. The minimum Gasteiger partial charge on any atom is -0.477 e. The van der Waals surface area contributed by atoms with Crippen molar-refractivity contribution in [1.82, 2.24) is 9.97 Å². The number of benzene rings is 1. The molecule has 2 aromatic heterocycles. The predicted octanol–water partition coefficient (Wildman–Crippen LogP) is 3.75. The Morgan fingerprint density at radius 3 is 2.57 bits per heavy atom. The zero-order valence-corrected chi connectivity index (χ0v) is 13.0. The summed E-state index contributed by atoms with van der Waals surface area (Å²) in [5.41, 5.74) is 3.45. The third-order valence-corrected chi connectivity index (χ3v) is 4.56. The van der Waals surface area contributed by atoms with Gasteiger partial charge in [0.05, 0.1) is 17.3 Å². The van der Waals surface area contributed by atoms with Gasteiger partial charge in [0.15, 0.2) is 0 Å². The van der Waals surface area contributed by atoms with E-state index in [9.17, 15) is 10.1 Å². The van der Waals surface area contributed by atoms with Crippen molar-refractivity contribution in [3.63, 3.8) is 0 Å². The van der Waals surface area contributed by atoms with Crippen LogP contribution in [-0.2, 0) is 0 Å². The third kappa shape index (κ3) is 2.82. The zero-order valence-electron chi connectivity index (χ0n) is 12.1. The standard InChI is InChI=1S/C17H11N3O2S/c1-10-15(17(21)22)23-16(20-10)12-2-3-14(13(8-12)9-18)11-4-6-19-7-5-11/h2-8H,1H3,(H,21,22). The van der Waals surface area contributed by atoms with Gasteiger partial charge in [0, 0.05) is 18.0 Å². The molecular formula is C17H11N3O2S. The van der Waals surface area contributed by atoms with Gasteiger partial charge < -0.3 is 5.11 Å². The first-order valence-electron chi connectivity index (χ1n) is 6.76. The smallest absolute Gasteiger partial charge is 0.347 e. The normalized spacial score (nSPS) is 10.3. The number of carboxylic acids is 1. The van der Waals surface area contributed by atoms with Crippen molar-refractivity contribution in [2.24, 2.45) is 0 Å². The van der Waals surface area contributed by atoms with Gasteiger partial charge in [0.2, 0.25) is 0 Å². The maximum Gasteiger partial charge on any atom is 0.347 e. The number of nitrogens with zero attached hydrogens (tertiary/aromatic N) is 3. The van der Waals surface area contributed by atoms with E-state index in [-0.39, 0.29) is 4.88 Å². The van der Waals surface area contributed by atoms with Crippen molar-refractivity contribution in [3.05, 3.63) is 58.9 Å². The Balaban J connectivity index is 2.08. The Morgan fingerprint density at radius 1 is 1.22 bits per heavy atom. The number of thiazole rings is 1. The molecule has 0 radical (unpaired) electrons. The number of nitriles is 1. The Labute approximate surface area is 136 Å². The van der Waals surface area contributed by atoms with Crippen LogP contribution in [0.5, 0.6) is 0 Å². The molecule has 0 aliphatic heterocycles. The zero-order chi connectivity index (χ0) is 16.4. The fourth-order valence-corrected chi connectivity index (χ4v) is 3.17. The molecule has 0 atom stereocenters. The fourth-order valence-electron chi connectivity index (χ4n) is 2.27. The Kier molecular flexibility index (Phi) is 3.87. The van der Waals surface area contributed by atoms with Gasteiger partial charge in [-0.1, -0.05) is 12.1 Å². The summed E-state index contributed by atoms with van der Waals surface area (Å²) in [6, 6.07) is 11.3. The average Bonchev–Trinajstić information content (AvgIpc) is 2.97. The van der Waals surface area contributed by atoms with Crippen LogP contribution in [0, 0.1) is 18.3 Å². The lowest BCUT2D eigenvalue weighted by Gasteiger charge is -2.05. The second-order valence-electron chi connectivity index (χ2n) is 4.85. The minimum atomic E-state index is -0.986. The monoisotopic (exact) mass is 321 g/mol. The van der Waals surface area contributed by atoms with Crippen molar-refractivity contribution in [3.8, 4) is 27.8 Å². The molecule has 0 spiro atoms. The Bertz CT molecular complexity index is 927. The summed E-state index contributed by atoms with van der Waals surface area (Å²) in [6.07, 6.45) is 3.35. The number of carboxylic acid groups (broad SMARTS) is 1. The Hall–Kier alpha value is -3.04. The molecule has 2 heterocycles. The van der Waals surface area contributed by atoms with Crippen molar-refractivity contribution in [1.29, 1.82) is 5.26 Å². The van der Waals surface area contributed by atoms with Crippen LogP contribution in [0.15, 0.2) is 42.7 Å². The summed E-state index contributed by atoms with van der Waals surface area (Å²) >= 11 is 1.11. The second kappa shape index (κ2) is 5.99. The highest BCUT2D eigenvalue weighted by molar-refractivity contribution is 7.17. The first kappa shape index (κ1) is 14.9. The van der Waals surface area contributed by atoms with E-state index in [0.29, 0.717) is 16.3 Å². The first-order valence-corrected chi connectivity index (χ1v) is 7.57. The first-order chi connectivity index (χ1) is 11.1. The van der Waals surface area contributed by atoms with E-state index < -0.39 is 5.97 Å². The van der Waals surface area contributed by atoms with Crippen molar-refractivity contribution in [2.75, 3.05) is 0 Å². The topological polar surface area (TPSA) is 86.9 Å². The molecule has 0 aliphatic rings. The van der Waals surface area contributed by atoms with Crippen LogP contribution in [0.1, 0.15) is 20.9 Å². The lowest BCUT2D eigenvalue weighted by Crippen LogP contribution is -1.94. The summed E-state index contributed by atoms with van der Waals surface area (Å²) < 4.78 is 0. The molecule has 0 unspecified atom stereocenters. The summed E-state index contributed by atoms with van der Waals surface area (Å²) in [5, 5.41) is 19.1. The number of aromatic carboxylic acids is 1. The molecule has 3 aromatic rings. The van der Waals surface area contributed by atoms with Gasteiger partial charge in [-0.15, -0.1) is 11.3 Å². The number of pyridine rings is 1. The molecular weight excluding hydrogens is 310 g/mol. The van der Waals surface area contributed by atoms with Crippen LogP contribution in [-0.4, -0.2) is 21.0 Å². The molecule has 112 valence electrons. The predicted molar refractivity (Wildman–Crippen MR) is 87.2 cm³/mol. The molecule has 0 fully saturated rings. The number of aryl methyl sites for hydroxylation is 1. The van der Waals surface area contributed by atoms with E-state index in [1.807, 2.05) is 24.3 Å². The molecule has 0 saturated heterocycles. The minimum absolute atomic E-state index is 0.219. The second-order valence-corrected chi connectivity index (χ2v) is 5.85. The highest BCUT2D eigenvalue weighted by atomic mass is 32.1. The summed E-state index contributed by atoms with van der Waals surface area (Å²) in [4.78, 5) is 19.6. The lowest BCUT2D eigenvalue weighted by molar-refractivity contribution is 0.0701. The molecule has 5 nitrogen and oxygen atoms in total. The molecule has 6 heteroatoms. The number of rotatable bonds is 3. The van der Waals surface area contributed by atoms with Gasteiger partial charge >= 0.3 is 5.97 Å². The molecule has 1 aromatic carbocycles. The van der Waals surface area contributed by atoms with E-state index in [1.165, 1.54) is 0 Å². The number of hydrogen-bond donors (Lipinski definition) is 1. The molecule has 3 rings (SSSR count). The van der Waals surface area contributed by atoms with E-state index in [2.05, 4.69) is 16.0 Å². The van der Waals surface area contributed by atoms with Crippen LogP contribution in [0.4, 0.5) is 0 Å². The molecule has 1 N–H and O–H groups in total. The van der Waals surface area contributed by atoms with E-state index in [1.54, 1.807) is 25.4 Å². The van der Waals surface area contributed by atoms with Crippen LogP contribution < -0.4 is 0 Å². The Morgan fingerprint density at radius 2 is 1.96 bits per heavy atom. The SMILES string of the molecule is Cc1nc(-c2ccc(-c3ccncc3)c(C#N)c2)sc1C(=O)O. The highest BCUT2D eigenvalue weighted by Gasteiger charge is 2.16. The van der Waals surface area contributed by atoms with E-state index in [0.717, 1.165) is 28.0 Å². The molecule has 0 saturated carbocycles. The maximum atomic E-state index is 11.1. The fraction of sp³-hybridized carbons (Fsp3) is 0.0588. The molecule has 0 bridgehead atoms. The third-order valence-electron chi connectivity index (χ3n) is 3.37. The summed E-state index contributed by atoms with van der Waals surface area (Å²) in [5.74, 6) is -0.986. The average molecular weight is 321 g/mol. The van der Waals surface area contributed by atoms with Crippen molar-refractivity contribution >= 4 is 17.3 Å². The highest BCUT2D eigenvalue weighted by Crippen LogP contribution is 2.32. The van der Waals surface area contributed by atoms with Gasteiger partial charge in [-0.05, 0) is 36.2 Å². The van der Waals surface area contributed by atoms with Gasteiger partial charge in [-0.2, -0.15) is 5.26 Å². The van der Waals surface area contributed by atoms with E-state index in [4.69, 9.17) is 5.11 Å². The van der Waals surface area contributed by atoms with Crippen molar-refractivity contribution in [2.45, 2.75) is 6.92 Å². The maximum absolute atomic E-state index is 11.1. The summed E-state index contributed by atoms with van der Waals surface area (Å²) in [6.45, 7) is 1.67. The van der Waals surface area contributed by atoms with Crippen LogP contribution in [0.3, 0.4) is 0 Å². The van der Waals surface area contributed by atoms with Gasteiger partial charge in [0.25, 0.3) is 0 Å². The van der Waals surface area contributed by atoms with Gasteiger partial charge in [-0.3, -0.25) is 4.98 Å². The number of aromatic nitrogens is 2. The van der Waals surface area contributed by atoms with Crippen LogP contribution >= 0.6 is 11.3 Å². The molecule has 0 amide bonds. The lowest BCUT2D eigenvalue weighted by atomic mass is 9.99. The van der Waals surface area contributed by atoms with Gasteiger partial charge in [0.1, 0.15) is 9.88 Å². The molecule has 0 aliphatic carbocycles. The largest absolute Gasteiger partial charge is 0.477 e. The number of hydrogen-bond acceptors (Lipinski definition) is 5. The quantitative estimate of drug-likeness (QED) is 0.794. The van der Waals surface area contributed by atoms with Gasteiger partial charge in [-0.25, -0.2) is 9.78 Å². The summed E-state index contributed by atoms with van der Waals surface area (Å²) in [7, 11) is 0.